The highest BCUT2D eigenvalue weighted by Gasteiger charge is 2.36. The molecule has 0 spiro atoms. The van der Waals surface area contributed by atoms with Crippen molar-refractivity contribution in [1.29, 1.82) is 0 Å². The van der Waals surface area contributed by atoms with E-state index in [2.05, 4.69) is 5.32 Å². The Labute approximate surface area is 222 Å². The topological polar surface area (TPSA) is 116 Å². The van der Waals surface area contributed by atoms with Crippen LogP contribution in [0.5, 0.6) is 11.5 Å². The second-order valence-corrected chi connectivity index (χ2v) is 10.2. The van der Waals surface area contributed by atoms with Gasteiger partial charge in [-0.1, -0.05) is 6.07 Å². The number of benzene rings is 1. The van der Waals surface area contributed by atoms with E-state index in [1.807, 2.05) is 38.3 Å². The maximum absolute atomic E-state index is 13.3. The molecule has 1 fully saturated rings. The number of hydrogen-bond acceptors (Lipinski definition) is 8. The maximum atomic E-state index is 13.3. The number of methoxy groups -OCH3 is 1. The second kappa shape index (κ2) is 9.49. The zero-order valence-electron chi connectivity index (χ0n) is 21.5. The number of fused-ring (bicyclic) bond motifs is 1. The number of urea groups is 1. The van der Waals surface area contributed by atoms with Gasteiger partial charge >= 0.3 is 12.0 Å². The number of nitrogens with zero attached hydrogens (tertiary/aromatic N) is 2. The van der Waals surface area contributed by atoms with E-state index in [-0.39, 0.29) is 18.9 Å². The number of nitrogens with one attached hydrogen (secondary N) is 1. The third-order valence-corrected chi connectivity index (χ3v) is 7.89. The molecule has 0 atom stereocenters. The fraction of sp³-hybridized carbons (Fsp3) is 0.259. The van der Waals surface area contributed by atoms with Crippen LogP contribution >= 0.6 is 11.3 Å². The first-order chi connectivity index (χ1) is 18.1. The third kappa shape index (κ3) is 4.14. The lowest BCUT2D eigenvalue weighted by molar-refractivity contribution is -0.130. The summed E-state index contributed by atoms with van der Waals surface area (Å²) in [4.78, 5) is 53.2. The van der Waals surface area contributed by atoms with Crippen LogP contribution in [0.15, 0.2) is 29.8 Å². The summed E-state index contributed by atoms with van der Waals surface area (Å²) in [5.74, 6) is -0.810. The molecular weight excluding hydrogens is 510 g/mol. The molecule has 4 heterocycles. The summed E-state index contributed by atoms with van der Waals surface area (Å²) in [6, 6.07) is 6.16. The van der Waals surface area contributed by atoms with Crippen molar-refractivity contribution in [3.8, 4) is 16.5 Å². The predicted octanol–water partition coefficient (Wildman–Crippen LogP) is 3.95. The number of thiophene rings is 1. The summed E-state index contributed by atoms with van der Waals surface area (Å²) in [5, 5.41) is 2.95. The molecule has 11 heteroatoms. The molecule has 196 valence electrons. The van der Waals surface area contributed by atoms with E-state index < -0.39 is 23.8 Å². The maximum Gasteiger partial charge on any atom is 0.341 e. The van der Waals surface area contributed by atoms with Crippen molar-refractivity contribution < 1.29 is 33.4 Å². The SMILES string of the molecule is COC(=O)c1c(-n2c(C)cc(/C=C3\C(=O)NC(=O)N(Cc4ccc5c(c4)OCO5)C3=O)c2C)sc(C)c1C. The summed E-state index contributed by atoms with van der Waals surface area (Å²) < 4.78 is 17.6. The molecule has 0 radical (unpaired) electrons. The van der Waals surface area contributed by atoms with Crippen molar-refractivity contribution in [1.82, 2.24) is 14.8 Å². The van der Waals surface area contributed by atoms with E-state index in [0.717, 1.165) is 26.7 Å². The third-order valence-electron chi connectivity index (χ3n) is 6.69. The zero-order chi connectivity index (χ0) is 27.3. The Kier molecular flexibility index (Phi) is 6.31. The number of aromatic nitrogens is 1. The van der Waals surface area contributed by atoms with E-state index in [0.29, 0.717) is 33.2 Å². The molecule has 10 nitrogen and oxygen atoms in total. The van der Waals surface area contributed by atoms with Crippen LogP contribution in [0, 0.1) is 27.7 Å². The summed E-state index contributed by atoms with van der Waals surface area (Å²) >= 11 is 1.46. The summed E-state index contributed by atoms with van der Waals surface area (Å²) in [7, 11) is 1.34. The number of aryl methyl sites for hydroxylation is 2. The number of rotatable bonds is 5. The van der Waals surface area contributed by atoms with E-state index in [4.69, 9.17) is 14.2 Å². The predicted molar refractivity (Wildman–Crippen MR) is 139 cm³/mol. The van der Waals surface area contributed by atoms with Gasteiger partial charge in [-0.2, -0.15) is 0 Å². The molecule has 38 heavy (non-hydrogen) atoms. The Morgan fingerprint density at radius 1 is 1.11 bits per heavy atom. The van der Waals surface area contributed by atoms with Gasteiger partial charge in [-0.3, -0.25) is 19.8 Å². The molecular formula is C27H25N3O7S. The lowest BCUT2D eigenvalue weighted by Crippen LogP contribution is -2.53. The van der Waals surface area contributed by atoms with Crippen LogP contribution in [0.1, 0.15) is 43.3 Å². The van der Waals surface area contributed by atoms with Gasteiger partial charge in [-0.25, -0.2) is 9.59 Å². The Morgan fingerprint density at radius 3 is 2.58 bits per heavy atom. The van der Waals surface area contributed by atoms with Crippen LogP contribution in [0.4, 0.5) is 4.79 Å². The molecule has 1 aromatic carbocycles. The number of esters is 1. The zero-order valence-corrected chi connectivity index (χ0v) is 22.3. The second-order valence-electron chi connectivity index (χ2n) is 9.01. The van der Waals surface area contributed by atoms with Gasteiger partial charge in [0.25, 0.3) is 11.8 Å². The normalized spacial score (nSPS) is 15.9. The molecule has 2 aromatic heterocycles. The summed E-state index contributed by atoms with van der Waals surface area (Å²) in [5.41, 5.74) is 3.92. The molecule has 2 aliphatic heterocycles. The highest BCUT2D eigenvalue weighted by atomic mass is 32.1. The molecule has 5 rings (SSSR count). The van der Waals surface area contributed by atoms with Gasteiger partial charge in [-0.05, 0) is 68.7 Å². The van der Waals surface area contributed by atoms with Gasteiger partial charge in [0.1, 0.15) is 10.6 Å². The highest BCUT2D eigenvalue weighted by molar-refractivity contribution is 7.15. The first-order valence-electron chi connectivity index (χ1n) is 11.8. The molecule has 0 aliphatic carbocycles. The summed E-state index contributed by atoms with van der Waals surface area (Å²) in [6.45, 7) is 7.57. The van der Waals surface area contributed by atoms with Crippen LogP contribution in [0.25, 0.3) is 11.1 Å². The minimum Gasteiger partial charge on any atom is -0.465 e. The van der Waals surface area contributed by atoms with Gasteiger partial charge in [0.05, 0.1) is 19.2 Å². The quantitative estimate of drug-likeness (QED) is 0.299. The monoisotopic (exact) mass is 535 g/mol. The Bertz CT molecular complexity index is 1560. The molecule has 3 aromatic rings. The van der Waals surface area contributed by atoms with Crippen LogP contribution in [-0.4, -0.2) is 47.2 Å². The van der Waals surface area contributed by atoms with Crippen LogP contribution < -0.4 is 14.8 Å². The summed E-state index contributed by atoms with van der Waals surface area (Å²) in [6.07, 6.45) is 1.47. The van der Waals surface area contributed by atoms with Crippen LogP contribution in [0.3, 0.4) is 0 Å². The molecule has 1 N–H and O–H groups in total. The van der Waals surface area contributed by atoms with Crippen LogP contribution in [0.2, 0.25) is 0 Å². The number of amides is 4. The average Bonchev–Trinajstić information content (AvgIpc) is 3.54. The van der Waals surface area contributed by atoms with Crippen molar-refractivity contribution in [2.24, 2.45) is 0 Å². The van der Waals surface area contributed by atoms with Crippen molar-refractivity contribution in [3.05, 3.63) is 68.4 Å². The number of barbiturate groups is 1. The van der Waals surface area contributed by atoms with Gasteiger partial charge in [0.15, 0.2) is 11.5 Å². The number of imide groups is 2. The average molecular weight is 536 g/mol. The van der Waals surface area contributed by atoms with Crippen LogP contribution in [-0.2, 0) is 20.9 Å². The van der Waals surface area contributed by atoms with Gasteiger partial charge < -0.3 is 18.8 Å². The molecule has 2 aliphatic rings. The smallest absolute Gasteiger partial charge is 0.341 e. The van der Waals surface area contributed by atoms with Crippen molar-refractivity contribution in [2.75, 3.05) is 13.9 Å². The fourth-order valence-corrected chi connectivity index (χ4v) is 5.83. The van der Waals surface area contributed by atoms with Crippen molar-refractivity contribution >= 4 is 41.2 Å². The van der Waals surface area contributed by atoms with E-state index in [1.54, 1.807) is 18.2 Å². The molecule has 4 amide bonds. The van der Waals surface area contributed by atoms with Crippen molar-refractivity contribution in [2.45, 2.75) is 34.2 Å². The van der Waals surface area contributed by atoms with Crippen molar-refractivity contribution in [3.63, 3.8) is 0 Å². The lowest BCUT2D eigenvalue weighted by atomic mass is 10.1. The van der Waals surface area contributed by atoms with E-state index in [9.17, 15) is 19.2 Å². The number of ether oxygens (including phenoxy) is 3. The first kappa shape index (κ1) is 25.3. The van der Waals surface area contributed by atoms with Gasteiger partial charge in [0, 0.05) is 16.3 Å². The molecule has 0 bridgehead atoms. The minimum atomic E-state index is -0.799. The molecule has 1 saturated heterocycles. The van der Waals surface area contributed by atoms with Gasteiger partial charge in [0.2, 0.25) is 6.79 Å². The number of carbonyl (C=O) groups is 4. The fourth-order valence-electron chi connectivity index (χ4n) is 4.57. The largest absolute Gasteiger partial charge is 0.465 e. The number of hydrogen-bond donors (Lipinski definition) is 1. The molecule has 0 unspecified atom stereocenters. The Hall–Kier alpha value is -4.38. The molecule has 0 saturated carbocycles. The minimum absolute atomic E-state index is 0.0544. The van der Waals surface area contributed by atoms with E-state index in [1.165, 1.54) is 24.5 Å². The van der Waals surface area contributed by atoms with Gasteiger partial charge in [-0.15, -0.1) is 11.3 Å². The lowest BCUT2D eigenvalue weighted by Gasteiger charge is -2.26. The van der Waals surface area contributed by atoms with E-state index >= 15 is 0 Å². The Morgan fingerprint density at radius 2 is 1.84 bits per heavy atom. The number of carbonyl (C=O) groups excluding carboxylic acids is 4. The Balaban J connectivity index is 1.50. The standard InChI is InChI=1S/C27H25N3O7S/c1-13-8-18(15(3)30(13)25-22(26(33)35-5)14(2)16(4)38-25)10-19-23(31)28-27(34)29(24(19)32)11-17-6-7-20-21(9-17)37-12-36-20/h6-10H,11-12H2,1-5H3,(H,28,31,34)/b19-10+. The highest BCUT2D eigenvalue weighted by Crippen LogP contribution is 2.36. The first-order valence-corrected chi connectivity index (χ1v) is 12.6.